The predicted molar refractivity (Wildman–Crippen MR) is 42.1 cm³/mol. The summed E-state index contributed by atoms with van der Waals surface area (Å²) in [5, 5.41) is 20.6. The molecule has 0 heterocycles. The SMILES string of the molecule is CC(C)C(C(C)[N+](=O)[O-])[N+](=O)[O-]. The number of hydrogen-bond donors (Lipinski definition) is 0. The number of nitrogens with zero attached hydrogens (tertiary/aromatic N) is 2. The highest BCUT2D eigenvalue weighted by molar-refractivity contribution is 4.67. The minimum Gasteiger partial charge on any atom is -0.264 e. The molecule has 2 atom stereocenters. The Morgan fingerprint density at radius 1 is 1.00 bits per heavy atom. The highest BCUT2D eigenvalue weighted by Crippen LogP contribution is 2.11. The van der Waals surface area contributed by atoms with Crippen molar-refractivity contribution < 1.29 is 9.85 Å². The van der Waals surface area contributed by atoms with Gasteiger partial charge in [0.2, 0.25) is 0 Å². The molecule has 6 nitrogen and oxygen atoms in total. The Hall–Kier alpha value is -1.20. The first-order valence-electron chi connectivity index (χ1n) is 3.65. The summed E-state index contributed by atoms with van der Waals surface area (Å²) in [5.41, 5.74) is 0. The largest absolute Gasteiger partial charge is 0.280 e. The Morgan fingerprint density at radius 3 is 1.50 bits per heavy atom. The van der Waals surface area contributed by atoms with Gasteiger partial charge in [-0.05, 0) is 0 Å². The van der Waals surface area contributed by atoms with Gasteiger partial charge in [0.15, 0.2) is 0 Å². The topological polar surface area (TPSA) is 86.3 Å². The van der Waals surface area contributed by atoms with E-state index in [0.717, 1.165) is 0 Å². The van der Waals surface area contributed by atoms with Gasteiger partial charge in [0, 0.05) is 22.7 Å². The fraction of sp³-hybridized carbons (Fsp3) is 1.00. The highest BCUT2D eigenvalue weighted by Gasteiger charge is 2.39. The molecule has 0 rings (SSSR count). The van der Waals surface area contributed by atoms with Gasteiger partial charge in [0.1, 0.15) is 0 Å². The molecule has 0 amide bonds. The average molecular weight is 176 g/mol. The summed E-state index contributed by atoms with van der Waals surface area (Å²) >= 11 is 0. The molecule has 0 aliphatic heterocycles. The molecule has 0 aliphatic rings. The minimum atomic E-state index is -1.13. The molecular formula is C6H12N2O4. The molecule has 0 aliphatic carbocycles. The quantitative estimate of drug-likeness (QED) is 0.471. The van der Waals surface area contributed by atoms with E-state index >= 15 is 0 Å². The van der Waals surface area contributed by atoms with Crippen molar-refractivity contribution >= 4 is 0 Å². The van der Waals surface area contributed by atoms with Crippen LogP contribution in [-0.2, 0) is 0 Å². The molecule has 0 radical (unpaired) electrons. The average Bonchev–Trinajstić information content (AvgIpc) is 1.85. The van der Waals surface area contributed by atoms with Crippen LogP contribution in [0.1, 0.15) is 20.8 Å². The van der Waals surface area contributed by atoms with E-state index in [1.807, 2.05) is 0 Å². The van der Waals surface area contributed by atoms with E-state index < -0.39 is 21.9 Å². The first-order chi connectivity index (χ1) is 5.37. The monoisotopic (exact) mass is 176 g/mol. The zero-order chi connectivity index (χ0) is 9.89. The Bertz CT molecular complexity index is 192. The summed E-state index contributed by atoms with van der Waals surface area (Å²) in [4.78, 5) is 19.4. The second kappa shape index (κ2) is 3.99. The van der Waals surface area contributed by atoms with Crippen molar-refractivity contribution in [1.82, 2.24) is 0 Å². The van der Waals surface area contributed by atoms with Gasteiger partial charge in [-0.2, -0.15) is 0 Å². The number of hydrogen-bond acceptors (Lipinski definition) is 4. The molecule has 0 saturated heterocycles. The van der Waals surface area contributed by atoms with Gasteiger partial charge in [0.25, 0.3) is 12.1 Å². The fourth-order valence-corrected chi connectivity index (χ4v) is 1.10. The van der Waals surface area contributed by atoms with Crippen molar-refractivity contribution in [2.75, 3.05) is 0 Å². The zero-order valence-corrected chi connectivity index (χ0v) is 7.26. The lowest BCUT2D eigenvalue weighted by molar-refractivity contribution is -0.619. The van der Waals surface area contributed by atoms with Gasteiger partial charge in [0.05, 0.1) is 0 Å². The summed E-state index contributed by atoms with van der Waals surface area (Å²) in [7, 11) is 0. The van der Waals surface area contributed by atoms with Crippen LogP contribution in [0.15, 0.2) is 0 Å². The van der Waals surface area contributed by atoms with Gasteiger partial charge in [-0.3, -0.25) is 20.2 Å². The maximum absolute atomic E-state index is 10.4. The second-order valence-electron chi connectivity index (χ2n) is 3.05. The van der Waals surface area contributed by atoms with Crippen molar-refractivity contribution in [3.8, 4) is 0 Å². The van der Waals surface area contributed by atoms with Crippen molar-refractivity contribution in [3.63, 3.8) is 0 Å². The number of rotatable bonds is 4. The van der Waals surface area contributed by atoms with Crippen LogP contribution in [0.3, 0.4) is 0 Å². The van der Waals surface area contributed by atoms with Crippen LogP contribution in [0.25, 0.3) is 0 Å². The van der Waals surface area contributed by atoms with Gasteiger partial charge >= 0.3 is 0 Å². The Labute approximate surface area is 69.9 Å². The standard InChI is InChI=1S/C6H12N2O4/c1-4(2)6(8(11)12)5(3)7(9)10/h4-6H,1-3H3. The van der Waals surface area contributed by atoms with E-state index in [1.54, 1.807) is 13.8 Å². The molecule has 12 heavy (non-hydrogen) atoms. The van der Waals surface area contributed by atoms with Crippen molar-refractivity contribution in [3.05, 3.63) is 20.2 Å². The van der Waals surface area contributed by atoms with Gasteiger partial charge in [-0.25, -0.2) is 0 Å². The second-order valence-corrected chi connectivity index (χ2v) is 3.05. The van der Waals surface area contributed by atoms with Gasteiger partial charge in [-0.15, -0.1) is 0 Å². The van der Waals surface area contributed by atoms with Crippen molar-refractivity contribution in [2.24, 2.45) is 5.92 Å². The Kier molecular flexibility index (Phi) is 3.59. The van der Waals surface area contributed by atoms with Crippen LogP contribution in [0, 0.1) is 26.1 Å². The lowest BCUT2D eigenvalue weighted by atomic mass is 9.99. The third kappa shape index (κ3) is 2.44. The molecule has 0 aromatic rings. The van der Waals surface area contributed by atoms with Crippen molar-refractivity contribution in [2.45, 2.75) is 32.9 Å². The molecule has 0 saturated carbocycles. The summed E-state index contributed by atoms with van der Waals surface area (Å²) in [6.45, 7) is 4.47. The molecule has 0 fully saturated rings. The van der Waals surface area contributed by atoms with Crippen LogP contribution in [0.2, 0.25) is 0 Å². The van der Waals surface area contributed by atoms with E-state index in [1.165, 1.54) is 6.92 Å². The van der Waals surface area contributed by atoms with Gasteiger partial charge < -0.3 is 0 Å². The lowest BCUT2D eigenvalue weighted by Gasteiger charge is -2.13. The van der Waals surface area contributed by atoms with Crippen LogP contribution in [0.5, 0.6) is 0 Å². The third-order valence-electron chi connectivity index (χ3n) is 1.75. The molecule has 0 N–H and O–H groups in total. The molecule has 70 valence electrons. The van der Waals surface area contributed by atoms with E-state index in [-0.39, 0.29) is 5.92 Å². The smallest absolute Gasteiger partial charge is 0.264 e. The van der Waals surface area contributed by atoms with Crippen LogP contribution in [0.4, 0.5) is 0 Å². The summed E-state index contributed by atoms with van der Waals surface area (Å²) in [6.07, 6.45) is 0. The molecule has 0 aromatic carbocycles. The summed E-state index contributed by atoms with van der Waals surface area (Å²) in [6, 6.07) is -2.22. The molecule has 2 unspecified atom stereocenters. The van der Waals surface area contributed by atoms with Gasteiger partial charge in [-0.1, -0.05) is 13.8 Å². The number of nitro groups is 2. The van der Waals surface area contributed by atoms with Crippen LogP contribution in [-0.4, -0.2) is 21.9 Å². The maximum atomic E-state index is 10.4. The van der Waals surface area contributed by atoms with Crippen molar-refractivity contribution in [1.29, 1.82) is 0 Å². The van der Waals surface area contributed by atoms with Crippen LogP contribution < -0.4 is 0 Å². The highest BCUT2D eigenvalue weighted by atomic mass is 16.6. The molecule has 0 bridgehead atoms. The fourth-order valence-electron chi connectivity index (χ4n) is 1.10. The Morgan fingerprint density at radius 2 is 1.42 bits per heavy atom. The molecular weight excluding hydrogens is 164 g/mol. The first kappa shape index (κ1) is 10.8. The molecule has 0 aromatic heterocycles. The Balaban J connectivity index is 4.51. The first-order valence-corrected chi connectivity index (χ1v) is 3.65. The normalized spacial score (nSPS) is 15.7. The summed E-state index contributed by atoms with van der Waals surface area (Å²) < 4.78 is 0. The minimum absolute atomic E-state index is 0.319. The summed E-state index contributed by atoms with van der Waals surface area (Å²) in [5.74, 6) is -0.319. The van der Waals surface area contributed by atoms with E-state index in [2.05, 4.69) is 0 Å². The predicted octanol–water partition coefficient (Wildman–Crippen LogP) is 0.953. The van der Waals surface area contributed by atoms with E-state index in [0.29, 0.717) is 0 Å². The van der Waals surface area contributed by atoms with E-state index in [9.17, 15) is 20.2 Å². The maximum Gasteiger partial charge on any atom is 0.280 e. The molecule has 0 spiro atoms. The molecule has 6 heteroatoms. The third-order valence-corrected chi connectivity index (χ3v) is 1.75. The zero-order valence-electron chi connectivity index (χ0n) is 7.26. The van der Waals surface area contributed by atoms with Crippen LogP contribution >= 0.6 is 0 Å². The van der Waals surface area contributed by atoms with E-state index in [4.69, 9.17) is 0 Å². The lowest BCUT2D eigenvalue weighted by Crippen LogP contribution is -2.40.